The molecule has 0 aromatic carbocycles. The highest BCUT2D eigenvalue weighted by Crippen LogP contribution is 2.11. The first-order chi connectivity index (χ1) is 8.40. The molecule has 0 saturated heterocycles. The molecule has 0 saturated carbocycles. The van der Waals surface area contributed by atoms with Gasteiger partial charge in [-0.2, -0.15) is 0 Å². The predicted molar refractivity (Wildman–Crippen MR) is 68.4 cm³/mol. The van der Waals surface area contributed by atoms with Crippen molar-refractivity contribution in [2.45, 2.75) is 25.9 Å². The van der Waals surface area contributed by atoms with E-state index in [1.54, 1.807) is 21.0 Å². The first kappa shape index (κ1) is 14.6. The molecule has 0 spiro atoms. The molecule has 1 rings (SSSR count). The van der Waals surface area contributed by atoms with E-state index >= 15 is 0 Å². The number of rotatable bonds is 6. The maximum Gasteiger partial charge on any atom is 0.320 e. The summed E-state index contributed by atoms with van der Waals surface area (Å²) in [4.78, 5) is 27.9. The van der Waals surface area contributed by atoms with Crippen LogP contribution in [-0.2, 0) is 22.6 Å². The lowest BCUT2D eigenvalue weighted by Gasteiger charge is -2.08. The zero-order chi connectivity index (χ0) is 13.7. The van der Waals surface area contributed by atoms with Crippen molar-refractivity contribution in [1.82, 2.24) is 15.2 Å². The Morgan fingerprint density at radius 3 is 2.78 bits per heavy atom. The Bertz CT molecular complexity index is 431. The molecule has 1 aromatic heterocycles. The smallest absolute Gasteiger partial charge is 0.320 e. The van der Waals surface area contributed by atoms with Gasteiger partial charge in [0.1, 0.15) is 11.0 Å². The highest BCUT2D eigenvalue weighted by molar-refractivity contribution is 7.09. The highest BCUT2D eigenvalue weighted by atomic mass is 32.1. The molecule has 0 fully saturated rings. The van der Waals surface area contributed by atoms with Crippen molar-refractivity contribution in [3.63, 3.8) is 0 Å². The number of hydrogen-bond donors (Lipinski definition) is 2. The third-order valence-electron chi connectivity index (χ3n) is 2.36. The molecule has 6 nitrogen and oxygen atoms in total. The molecule has 1 atom stereocenters. The van der Waals surface area contributed by atoms with Crippen LogP contribution in [0.1, 0.15) is 17.6 Å². The van der Waals surface area contributed by atoms with E-state index in [0.717, 1.165) is 10.7 Å². The van der Waals surface area contributed by atoms with Crippen LogP contribution in [0.2, 0.25) is 0 Å². The lowest BCUT2D eigenvalue weighted by molar-refractivity contribution is -0.139. The summed E-state index contributed by atoms with van der Waals surface area (Å²) in [6, 6.07) is -0.612. The fourth-order valence-corrected chi connectivity index (χ4v) is 1.93. The van der Waals surface area contributed by atoms with E-state index in [1.165, 1.54) is 16.2 Å². The summed E-state index contributed by atoms with van der Waals surface area (Å²) < 4.78 is 0. The van der Waals surface area contributed by atoms with Crippen LogP contribution >= 0.6 is 11.3 Å². The Morgan fingerprint density at radius 2 is 2.22 bits per heavy atom. The molecule has 0 bridgehead atoms. The van der Waals surface area contributed by atoms with Crippen LogP contribution in [0.25, 0.3) is 0 Å². The zero-order valence-corrected chi connectivity index (χ0v) is 11.5. The lowest BCUT2D eigenvalue weighted by Crippen LogP contribution is -2.33. The summed E-state index contributed by atoms with van der Waals surface area (Å²) in [6.07, 6.45) is 0.284. The van der Waals surface area contributed by atoms with Gasteiger partial charge in [-0.15, -0.1) is 11.3 Å². The molecule has 1 unspecified atom stereocenters. The maximum absolute atomic E-state index is 11.5. The van der Waals surface area contributed by atoms with Gasteiger partial charge in [-0.05, 0) is 6.92 Å². The second-order valence-electron chi connectivity index (χ2n) is 4.14. The molecule has 100 valence electrons. The molecule has 0 radical (unpaired) electrons. The van der Waals surface area contributed by atoms with Crippen LogP contribution in [-0.4, -0.2) is 47.0 Å². The fourth-order valence-electron chi connectivity index (χ4n) is 1.14. The number of hydrogen-bond acceptors (Lipinski definition) is 5. The monoisotopic (exact) mass is 271 g/mol. The fraction of sp³-hybridized carbons (Fsp3) is 0.545. The molecule has 2 N–H and O–H groups in total. The number of aliphatic carboxylic acids is 1. The van der Waals surface area contributed by atoms with Gasteiger partial charge in [-0.1, -0.05) is 0 Å². The molecule has 0 aliphatic rings. The number of carboxylic acid groups (broad SMARTS) is 1. The summed E-state index contributed by atoms with van der Waals surface area (Å²) in [5, 5.41) is 14.1. The molecule has 1 amide bonds. The van der Waals surface area contributed by atoms with E-state index in [0.29, 0.717) is 6.54 Å². The first-order valence-corrected chi connectivity index (χ1v) is 6.37. The van der Waals surface area contributed by atoms with Gasteiger partial charge < -0.3 is 10.0 Å². The van der Waals surface area contributed by atoms with Crippen LogP contribution in [0.5, 0.6) is 0 Å². The maximum atomic E-state index is 11.5. The molecule has 18 heavy (non-hydrogen) atoms. The number of amides is 1. The van der Waals surface area contributed by atoms with Crippen molar-refractivity contribution in [3.05, 3.63) is 16.1 Å². The summed E-state index contributed by atoms with van der Waals surface area (Å²) in [5.41, 5.74) is 0.759. The van der Waals surface area contributed by atoms with Gasteiger partial charge in [0.15, 0.2) is 0 Å². The quantitative estimate of drug-likeness (QED) is 0.779. The van der Waals surface area contributed by atoms with Crippen molar-refractivity contribution in [1.29, 1.82) is 0 Å². The molecule has 7 heteroatoms. The van der Waals surface area contributed by atoms with Crippen LogP contribution in [0.3, 0.4) is 0 Å². The van der Waals surface area contributed by atoms with Gasteiger partial charge >= 0.3 is 5.97 Å². The van der Waals surface area contributed by atoms with E-state index in [4.69, 9.17) is 5.11 Å². The summed E-state index contributed by atoms with van der Waals surface area (Å²) in [7, 11) is 3.40. The molecular weight excluding hydrogens is 254 g/mol. The van der Waals surface area contributed by atoms with Crippen LogP contribution in [0.15, 0.2) is 5.38 Å². The number of carboxylic acids is 1. The normalized spacial score (nSPS) is 12.2. The number of likely N-dealkylation sites (N-methyl/N-ethyl adjacent to an activating group) is 1. The average Bonchev–Trinajstić information content (AvgIpc) is 2.73. The summed E-state index contributed by atoms with van der Waals surface area (Å²) in [6.45, 7) is 1.96. The number of aromatic nitrogens is 1. The Balaban J connectivity index is 2.48. The number of thiazole rings is 1. The van der Waals surface area contributed by atoms with Gasteiger partial charge in [-0.3, -0.25) is 14.9 Å². The summed E-state index contributed by atoms with van der Waals surface area (Å²) in [5.74, 6) is -0.893. The topological polar surface area (TPSA) is 82.5 Å². The number of nitrogens with one attached hydrogen (secondary N) is 1. The van der Waals surface area contributed by atoms with Crippen LogP contribution in [0, 0.1) is 0 Å². The Hall–Kier alpha value is -1.47. The van der Waals surface area contributed by atoms with Crippen molar-refractivity contribution in [2.75, 3.05) is 14.1 Å². The van der Waals surface area contributed by atoms with Gasteiger partial charge in [0.25, 0.3) is 0 Å². The SMILES string of the molecule is CC(NCc1csc(CC(=O)N(C)C)n1)C(=O)O. The first-order valence-electron chi connectivity index (χ1n) is 5.49. The minimum Gasteiger partial charge on any atom is -0.480 e. The van der Waals surface area contributed by atoms with E-state index < -0.39 is 12.0 Å². The lowest BCUT2D eigenvalue weighted by atomic mass is 10.3. The van der Waals surface area contributed by atoms with Gasteiger partial charge in [0.05, 0.1) is 12.1 Å². The highest BCUT2D eigenvalue weighted by Gasteiger charge is 2.12. The number of carbonyl (C=O) groups is 2. The standard InChI is InChI=1S/C11H17N3O3S/c1-7(11(16)17)12-5-8-6-18-9(13-8)4-10(15)14(2)3/h6-7,12H,4-5H2,1-3H3,(H,16,17). The third-order valence-corrected chi connectivity index (χ3v) is 3.26. The summed E-state index contributed by atoms with van der Waals surface area (Å²) >= 11 is 1.41. The second kappa shape index (κ2) is 6.46. The molecule has 1 aromatic rings. The molecule has 1 heterocycles. The Kier molecular flexibility index (Phi) is 5.24. The minimum absolute atomic E-state index is 0.00256. The molecule has 0 aliphatic heterocycles. The van der Waals surface area contributed by atoms with Gasteiger partial charge in [-0.25, -0.2) is 4.98 Å². The van der Waals surface area contributed by atoms with Gasteiger partial charge in [0.2, 0.25) is 5.91 Å². The van der Waals surface area contributed by atoms with E-state index in [1.807, 2.05) is 5.38 Å². The van der Waals surface area contributed by atoms with Crippen molar-refractivity contribution in [3.8, 4) is 0 Å². The second-order valence-corrected chi connectivity index (χ2v) is 5.08. The van der Waals surface area contributed by atoms with E-state index in [9.17, 15) is 9.59 Å². The van der Waals surface area contributed by atoms with Crippen LogP contribution in [0.4, 0.5) is 0 Å². The average molecular weight is 271 g/mol. The minimum atomic E-state index is -0.895. The van der Waals surface area contributed by atoms with Gasteiger partial charge in [0, 0.05) is 26.0 Å². The predicted octanol–water partition coefficient (Wildman–Crippen LogP) is 0.336. The zero-order valence-electron chi connectivity index (χ0n) is 10.6. The van der Waals surface area contributed by atoms with Crippen molar-refractivity contribution >= 4 is 23.2 Å². The molecule has 0 aliphatic carbocycles. The third kappa shape index (κ3) is 4.42. The Labute approximate surface area is 110 Å². The number of nitrogens with zero attached hydrogens (tertiary/aromatic N) is 2. The van der Waals surface area contributed by atoms with E-state index in [2.05, 4.69) is 10.3 Å². The van der Waals surface area contributed by atoms with Crippen molar-refractivity contribution in [2.24, 2.45) is 0 Å². The van der Waals surface area contributed by atoms with Crippen LogP contribution < -0.4 is 5.32 Å². The van der Waals surface area contributed by atoms with Crippen molar-refractivity contribution < 1.29 is 14.7 Å². The Morgan fingerprint density at radius 1 is 1.56 bits per heavy atom. The largest absolute Gasteiger partial charge is 0.480 e. The molecular formula is C11H17N3O3S. The number of carbonyl (C=O) groups excluding carboxylic acids is 1. The van der Waals surface area contributed by atoms with E-state index in [-0.39, 0.29) is 12.3 Å².